The van der Waals surface area contributed by atoms with Crippen molar-refractivity contribution in [3.8, 4) is 83.8 Å². The number of nitrogens with zero attached hydrogens (tertiary/aromatic N) is 3. The second-order valence-electron chi connectivity index (χ2n) is 22.3. The highest BCUT2D eigenvalue weighted by atomic mass is 15.1. The van der Waals surface area contributed by atoms with Crippen LogP contribution in [0.5, 0.6) is 0 Å². The molecule has 0 amide bonds. The fourth-order valence-corrected chi connectivity index (χ4v) is 14.5. The molecule has 0 aliphatic carbocycles. The summed E-state index contributed by atoms with van der Waals surface area (Å²) in [6, 6.07) is 109. The Morgan fingerprint density at radius 1 is 0.220 bits per heavy atom. The van der Waals surface area contributed by atoms with E-state index >= 15 is 0 Å². The molecule has 13 aromatic carbocycles. The van der Waals surface area contributed by atoms with Gasteiger partial charge < -0.3 is 13.7 Å². The molecule has 0 bridgehead atoms. The Morgan fingerprint density at radius 2 is 0.573 bits per heavy atom. The Hall–Kier alpha value is -10.7. The molecule has 0 N–H and O–H groups in total. The van der Waals surface area contributed by atoms with Crippen LogP contribution in [-0.2, 0) is 0 Å². The molecule has 0 radical (unpaired) electrons. The summed E-state index contributed by atoms with van der Waals surface area (Å²) < 4.78 is 7.92. The third-order valence-electron chi connectivity index (χ3n) is 18.0. The molecule has 3 nitrogen and oxygen atoms in total. The lowest BCUT2D eigenvalue weighted by molar-refractivity contribution is 1.10. The van der Waals surface area contributed by atoms with Crippen molar-refractivity contribution < 1.29 is 0 Å². The van der Waals surface area contributed by atoms with Gasteiger partial charge in [-0.25, -0.2) is 0 Å². The molecule has 2 aliphatic heterocycles. The number of hydrogen-bond acceptors (Lipinski definition) is 0. The minimum atomic E-state index is -0.120. The first-order valence-electron chi connectivity index (χ1n) is 28.5. The third-order valence-corrected chi connectivity index (χ3v) is 18.0. The number of rotatable bonds is 7. The number of aromatic nitrogens is 3. The van der Waals surface area contributed by atoms with Crippen molar-refractivity contribution in [1.82, 2.24) is 13.7 Å². The molecule has 0 spiro atoms. The summed E-state index contributed by atoms with van der Waals surface area (Å²) in [6.07, 6.45) is 0. The molecule has 16 aromatic rings. The summed E-state index contributed by atoms with van der Waals surface area (Å²) in [5.41, 5.74) is 29.1. The van der Waals surface area contributed by atoms with Gasteiger partial charge in [0.2, 0.25) is 0 Å². The lowest BCUT2D eigenvalue weighted by Gasteiger charge is -2.35. The minimum Gasteiger partial charge on any atom is -0.310 e. The van der Waals surface area contributed by atoms with Crippen LogP contribution < -0.4 is 16.4 Å². The maximum absolute atomic E-state index is 2.65. The number of fused-ring (bicyclic) bond motifs is 13. The molecule has 0 unspecified atom stereocenters. The van der Waals surface area contributed by atoms with Crippen LogP contribution in [0.15, 0.2) is 291 Å². The normalized spacial score (nSPS) is 12.4. The number of hydrogen-bond donors (Lipinski definition) is 0. The molecule has 18 rings (SSSR count). The van der Waals surface area contributed by atoms with Crippen LogP contribution in [0.1, 0.15) is 0 Å². The molecule has 5 heterocycles. The standard InChI is InChI=1S/C78H48BN3/c1-7-21-49(22-8-1)55-37-39-70-64(41-55)66-43-57(51-25-11-3-12-26-51)45-68-77(66)81(70)72-47-59(80-75-60(53-29-15-5-16-30-53)33-19-35-62(75)63-36-20-34-61(76(63)80)54-31-17-6-18-32-54)48-73-74(72)79(68)69-46-58(52-27-13-4-14-28-52)44-67-65-42-56(50-23-9-2-10-24-50)38-40-71(65)82(73)78(67)69/h1-48H. The summed E-state index contributed by atoms with van der Waals surface area (Å²) in [5, 5.41) is 7.44. The Kier molecular flexibility index (Phi) is 9.60. The molecular formula is C78H48BN3. The summed E-state index contributed by atoms with van der Waals surface area (Å²) in [6.45, 7) is -0.120. The van der Waals surface area contributed by atoms with Gasteiger partial charge in [-0.2, -0.15) is 0 Å². The van der Waals surface area contributed by atoms with E-state index in [9.17, 15) is 0 Å². The van der Waals surface area contributed by atoms with Gasteiger partial charge >= 0.3 is 0 Å². The fourth-order valence-electron chi connectivity index (χ4n) is 14.5. The van der Waals surface area contributed by atoms with Crippen molar-refractivity contribution in [2.45, 2.75) is 0 Å². The van der Waals surface area contributed by atoms with Crippen molar-refractivity contribution in [1.29, 1.82) is 0 Å². The lowest BCUT2D eigenvalue weighted by Crippen LogP contribution is -2.59. The van der Waals surface area contributed by atoms with Crippen molar-refractivity contribution in [2.75, 3.05) is 0 Å². The second-order valence-corrected chi connectivity index (χ2v) is 22.3. The molecule has 378 valence electrons. The third kappa shape index (κ3) is 6.49. The van der Waals surface area contributed by atoms with Crippen LogP contribution in [0.4, 0.5) is 0 Å². The maximum Gasteiger partial charge on any atom is 0.252 e. The Bertz CT molecular complexity index is 4960. The zero-order valence-corrected chi connectivity index (χ0v) is 44.6. The van der Waals surface area contributed by atoms with E-state index in [0.717, 1.165) is 5.69 Å². The summed E-state index contributed by atoms with van der Waals surface area (Å²) in [5.74, 6) is 0. The molecule has 3 aromatic heterocycles. The fraction of sp³-hybridized carbons (Fsp3) is 0. The smallest absolute Gasteiger partial charge is 0.252 e. The number of para-hydroxylation sites is 2. The van der Waals surface area contributed by atoms with E-state index in [-0.39, 0.29) is 6.71 Å². The molecule has 82 heavy (non-hydrogen) atoms. The maximum atomic E-state index is 2.65. The second kappa shape index (κ2) is 17.4. The van der Waals surface area contributed by atoms with Crippen LogP contribution in [-0.4, -0.2) is 20.4 Å². The van der Waals surface area contributed by atoms with Gasteiger partial charge in [-0.1, -0.05) is 243 Å². The van der Waals surface area contributed by atoms with Crippen LogP contribution in [0.2, 0.25) is 0 Å². The quantitative estimate of drug-likeness (QED) is 0.141. The van der Waals surface area contributed by atoms with Crippen LogP contribution in [0, 0.1) is 0 Å². The summed E-state index contributed by atoms with van der Waals surface area (Å²) >= 11 is 0. The highest BCUT2D eigenvalue weighted by Crippen LogP contribution is 2.47. The predicted octanol–water partition coefficient (Wildman–Crippen LogP) is 18.1. The van der Waals surface area contributed by atoms with Gasteiger partial charge in [0.15, 0.2) is 0 Å². The van der Waals surface area contributed by atoms with Gasteiger partial charge in [-0.15, -0.1) is 0 Å². The van der Waals surface area contributed by atoms with Crippen LogP contribution in [0.25, 0.3) is 149 Å². The van der Waals surface area contributed by atoms with Gasteiger partial charge in [0.25, 0.3) is 6.71 Å². The molecule has 0 saturated heterocycles. The van der Waals surface area contributed by atoms with E-state index in [4.69, 9.17) is 0 Å². The van der Waals surface area contributed by atoms with Gasteiger partial charge in [0, 0.05) is 65.9 Å². The molecule has 4 heteroatoms. The topological polar surface area (TPSA) is 14.8 Å². The molecule has 0 fully saturated rings. The molecular weight excluding hydrogens is 990 g/mol. The first kappa shape index (κ1) is 45.2. The monoisotopic (exact) mass is 1040 g/mol. The Labute approximate surface area is 474 Å². The number of benzene rings is 13. The van der Waals surface area contributed by atoms with Crippen molar-refractivity contribution in [2.24, 2.45) is 0 Å². The van der Waals surface area contributed by atoms with Gasteiger partial charge in [0.1, 0.15) is 0 Å². The SMILES string of the molecule is c1ccc(-c2ccc3c(c2)c2cc(-c4ccccc4)cc4c2n3-c2cc(-n3c5c(-c6ccccc6)cccc5c5cccc(-c6ccccc6)c53)cc3c2B4c2cc(-c4ccccc4)cc4c5cc(-c6ccccc6)ccc5n-3c24)cc1. The largest absolute Gasteiger partial charge is 0.310 e. The Balaban J connectivity index is 1.05. The van der Waals surface area contributed by atoms with Gasteiger partial charge in [-0.05, 0) is 121 Å². The van der Waals surface area contributed by atoms with E-state index in [2.05, 4.69) is 305 Å². The zero-order valence-electron chi connectivity index (χ0n) is 44.6. The average Bonchev–Trinajstić information content (AvgIpc) is 1.96. The van der Waals surface area contributed by atoms with Crippen LogP contribution in [0.3, 0.4) is 0 Å². The van der Waals surface area contributed by atoms with Gasteiger partial charge in [0.05, 0.1) is 27.8 Å². The lowest BCUT2D eigenvalue weighted by atomic mass is 9.34. The van der Waals surface area contributed by atoms with Crippen molar-refractivity contribution in [3.63, 3.8) is 0 Å². The highest BCUT2D eigenvalue weighted by molar-refractivity contribution is 7.00. The van der Waals surface area contributed by atoms with Crippen molar-refractivity contribution in [3.05, 3.63) is 291 Å². The minimum absolute atomic E-state index is 0.120. The van der Waals surface area contributed by atoms with Crippen LogP contribution >= 0.6 is 0 Å². The molecule has 2 aliphatic rings. The predicted molar refractivity (Wildman–Crippen MR) is 347 cm³/mol. The highest BCUT2D eigenvalue weighted by Gasteiger charge is 2.42. The molecule has 0 saturated carbocycles. The first-order valence-corrected chi connectivity index (χ1v) is 28.5. The van der Waals surface area contributed by atoms with E-state index in [1.807, 2.05) is 0 Å². The summed E-state index contributed by atoms with van der Waals surface area (Å²) in [4.78, 5) is 0. The van der Waals surface area contributed by atoms with Gasteiger partial charge in [-0.3, -0.25) is 0 Å². The Morgan fingerprint density at radius 3 is 0.963 bits per heavy atom. The van der Waals surface area contributed by atoms with E-state index in [1.54, 1.807) is 0 Å². The zero-order chi connectivity index (χ0) is 53.6. The summed E-state index contributed by atoms with van der Waals surface area (Å²) in [7, 11) is 0. The molecule has 0 atom stereocenters. The van der Waals surface area contributed by atoms with E-state index in [1.165, 1.54) is 160 Å². The van der Waals surface area contributed by atoms with E-state index in [0.29, 0.717) is 0 Å². The average molecular weight is 1040 g/mol. The first-order chi connectivity index (χ1) is 40.7. The van der Waals surface area contributed by atoms with E-state index < -0.39 is 0 Å². The van der Waals surface area contributed by atoms with Crippen molar-refractivity contribution >= 4 is 88.5 Å².